The average Bonchev–Trinajstić information content (AvgIpc) is 2.12. The quantitative estimate of drug-likeness (QED) is 0.521. The molecule has 0 radical (unpaired) electrons. The van der Waals surface area contributed by atoms with Crippen LogP contribution in [0.2, 0.25) is 0 Å². The average molecular weight is 132 g/mol. The van der Waals surface area contributed by atoms with Crippen LogP contribution >= 0.6 is 0 Å². The molecule has 0 unspecified atom stereocenters. The number of rotatable bonds is 1. The molecule has 1 saturated heterocycles. The first-order valence-corrected chi connectivity index (χ1v) is 3.38. The van der Waals surface area contributed by atoms with Crippen molar-refractivity contribution in [1.29, 1.82) is 0 Å². The summed E-state index contributed by atoms with van der Waals surface area (Å²) in [6.45, 7) is 6.51. The van der Waals surface area contributed by atoms with Gasteiger partial charge >= 0.3 is 0 Å². The minimum atomic E-state index is 0. The van der Waals surface area contributed by atoms with Crippen molar-refractivity contribution in [2.24, 2.45) is 11.8 Å². The summed E-state index contributed by atoms with van der Waals surface area (Å²) in [6, 6.07) is 0. The first kappa shape index (κ1) is 8.92. The van der Waals surface area contributed by atoms with Crippen molar-refractivity contribution in [3.63, 3.8) is 0 Å². The lowest BCUT2D eigenvalue weighted by atomic mass is 9.96. The van der Waals surface area contributed by atoms with Gasteiger partial charge in [-0.2, -0.15) is 0 Å². The van der Waals surface area contributed by atoms with Gasteiger partial charge < -0.3 is 10.2 Å². The summed E-state index contributed by atoms with van der Waals surface area (Å²) in [7, 11) is 0. The molecule has 56 valence electrons. The summed E-state index contributed by atoms with van der Waals surface area (Å²) in [5.74, 6) is 1.66. The molecule has 0 aromatic carbocycles. The fourth-order valence-electron chi connectivity index (χ4n) is 1.08. The van der Waals surface area contributed by atoms with Crippen LogP contribution in [0.25, 0.3) is 0 Å². The molecule has 1 aliphatic rings. The van der Waals surface area contributed by atoms with Gasteiger partial charge in [-0.1, -0.05) is 13.8 Å². The van der Waals surface area contributed by atoms with E-state index in [-0.39, 0.29) is 5.48 Å². The maximum absolute atomic E-state index is 5.22. The zero-order chi connectivity index (χ0) is 5.98. The van der Waals surface area contributed by atoms with Crippen LogP contribution in [-0.2, 0) is 4.74 Å². The van der Waals surface area contributed by atoms with Crippen LogP contribution in [0.3, 0.4) is 0 Å². The molecule has 0 aromatic heterocycles. The van der Waals surface area contributed by atoms with E-state index in [9.17, 15) is 0 Å². The van der Waals surface area contributed by atoms with Crippen LogP contribution in [0.15, 0.2) is 0 Å². The Bertz CT molecular complexity index is 65.3. The summed E-state index contributed by atoms with van der Waals surface area (Å²) in [5, 5.41) is 0. The van der Waals surface area contributed by atoms with E-state index >= 15 is 0 Å². The van der Waals surface area contributed by atoms with E-state index in [4.69, 9.17) is 4.74 Å². The summed E-state index contributed by atoms with van der Waals surface area (Å²) in [4.78, 5) is 0. The highest BCUT2D eigenvalue weighted by Gasteiger charge is 2.17. The molecule has 1 heterocycles. The molecule has 0 saturated carbocycles. The first-order valence-electron chi connectivity index (χ1n) is 3.38. The molecule has 1 rings (SSSR count). The Labute approximate surface area is 56.5 Å². The molecule has 9 heavy (non-hydrogen) atoms. The Kier molecular flexibility index (Phi) is 3.82. The highest BCUT2D eigenvalue weighted by Crippen LogP contribution is 2.20. The largest absolute Gasteiger partial charge is 0.412 e. The molecule has 2 N–H and O–H groups in total. The Morgan fingerprint density at radius 1 is 1.44 bits per heavy atom. The highest BCUT2D eigenvalue weighted by molar-refractivity contribution is 4.66. The minimum absolute atomic E-state index is 0. The topological polar surface area (TPSA) is 40.7 Å². The third-order valence-electron chi connectivity index (χ3n) is 1.91. The van der Waals surface area contributed by atoms with Crippen molar-refractivity contribution in [1.82, 2.24) is 0 Å². The van der Waals surface area contributed by atoms with Gasteiger partial charge in [-0.05, 0) is 18.3 Å². The molecule has 0 aromatic rings. The Hall–Kier alpha value is -0.0800. The van der Waals surface area contributed by atoms with Crippen molar-refractivity contribution in [3.8, 4) is 0 Å². The molecule has 0 bridgehead atoms. The maximum atomic E-state index is 5.22. The Morgan fingerprint density at radius 3 is 2.33 bits per heavy atom. The van der Waals surface area contributed by atoms with Crippen LogP contribution in [0.1, 0.15) is 20.3 Å². The lowest BCUT2D eigenvalue weighted by Crippen LogP contribution is -2.06. The second-order valence-corrected chi connectivity index (χ2v) is 2.87. The fourth-order valence-corrected chi connectivity index (χ4v) is 1.08. The van der Waals surface area contributed by atoms with Gasteiger partial charge in [0.15, 0.2) is 0 Å². The smallest absolute Gasteiger partial charge is 0.0497 e. The SMILES string of the molecule is CC(C)[C@H]1CCOC1.O. The first-order chi connectivity index (χ1) is 3.80. The van der Waals surface area contributed by atoms with Gasteiger partial charge in [0, 0.05) is 13.2 Å². The lowest BCUT2D eigenvalue weighted by Gasteiger charge is -2.09. The van der Waals surface area contributed by atoms with E-state index in [2.05, 4.69) is 13.8 Å². The predicted octanol–water partition coefficient (Wildman–Crippen LogP) is 0.854. The van der Waals surface area contributed by atoms with Gasteiger partial charge in [-0.15, -0.1) is 0 Å². The van der Waals surface area contributed by atoms with Crippen LogP contribution in [0.4, 0.5) is 0 Å². The summed E-state index contributed by atoms with van der Waals surface area (Å²) >= 11 is 0. The second-order valence-electron chi connectivity index (χ2n) is 2.87. The third-order valence-corrected chi connectivity index (χ3v) is 1.91. The number of hydrogen-bond donors (Lipinski definition) is 0. The molecule has 0 aliphatic carbocycles. The summed E-state index contributed by atoms with van der Waals surface area (Å²) < 4.78 is 5.22. The fraction of sp³-hybridized carbons (Fsp3) is 1.00. The second kappa shape index (κ2) is 3.85. The van der Waals surface area contributed by atoms with Crippen molar-refractivity contribution in [2.45, 2.75) is 20.3 Å². The van der Waals surface area contributed by atoms with Gasteiger partial charge in [-0.3, -0.25) is 0 Å². The summed E-state index contributed by atoms with van der Waals surface area (Å²) in [6.07, 6.45) is 1.28. The van der Waals surface area contributed by atoms with E-state index in [1.165, 1.54) is 6.42 Å². The predicted molar refractivity (Wildman–Crippen MR) is 37.4 cm³/mol. The van der Waals surface area contributed by atoms with Crippen molar-refractivity contribution >= 4 is 0 Å². The van der Waals surface area contributed by atoms with Gasteiger partial charge in [0.2, 0.25) is 0 Å². The molecule has 1 atom stereocenters. The Morgan fingerprint density at radius 2 is 2.11 bits per heavy atom. The van der Waals surface area contributed by atoms with E-state index in [0.717, 1.165) is 25.0 Å². The van der Waals surface area contributed by atoms with E-state index in [0.29, 0.717) is 0 Å². The van der Waals surface area contributed by atoms with Crippen LogP contribution < -0.4 is 0 Å². The Balaban J connectivity index is 0.000000640. The van der Waals surface area contributed by atoms with Crippen LogP contribution in [0, 0.1) is 11.8 Å². The zero-order valence-electron chi connectivity index (χ0n) is 6.18. The molecule has 0 spiro atoms. The van der Waals surface area contributed by atoms with E-state index < -0.39 is 0 Å². The van der Waals surface area contributed by atoms with E-state index in [1.807, 2.05) is 0 Å². The summed E-state index contributed by atoms with van der Waals surface area (Å²) in [5.41, 5.74) is 0. The standard InChI is InChI=1S/C7H14O.H2O/c1-6(2)7-3-4-8-5-7;/h6-7H,3-5H2,1-2H3;1H2/t7-;/m0./s1. The van der Waals surface area contributed by atoms with Gasteiger partial charge in [0.05, 0.1) is 0 Å². The van der Waals surface area contributed by atoms with Crippen molar-refractivity contribution in [2.75, 3.05) is 13.2 Å². The van der Waals surface area contributed by atoms with Gasteiger partial charge in [-0.25, -0.2) is 0 Å². The van der Waals surface area contributed by atoms with Gasteiger partial charge in [0.25, 0.3) is 0 Å². The van der Waals surface area contributed by atoms with Crippen molar-refractivity contribution in [3.05, 3.63) is 0 Å². The molecule has 0 amide bonds. The monoisotopic (exact) mass is 132 g/mol. The molecule has 1 fully saturated rings. The third kappa shape index (κ3) is 2.33. The number of ether oxygens (including phenoxy) is 1. The lowest BCUT2D eigenvalue weighted by molar-refractivity contribution is 0.177. The van der Waals surface area contributed by atoms with Gasteiger partial charge in [0.1, 0.15) is 0 Å². The number of hydrogen-bond acceptors (Lipinski definition) is 1. The molecular weight excluding hydrogens is 116 g/mol. The van der Waals surface area contributed by atoms with Crippen LogP contribution in [-0.4, -0.2) is 18.7 Å². The maximum Gasteiger partial charge on any atom is 0.0497 e. The van der Waals surface area contributed by atoms with Crippen molar-refractivity contribution < 1.29 is 10.2 Å². The molecule has 2 nitrogen and oxygen atoms in total. The minimum Gasteiger partial charge on any atom is -0.412 e. The zero-order valence-corrected chi connectivity index (χ0v) is 6.18. The normalized spacial score (nSPS) is 26.3. The molecule has 1 aliphatic heterocycles. The highest BCUT2D eigenvalue weighted by atomic mass is 16.5. The van der Waals surface area contributed by atoms with E-state index in [1.54, 1.807) is 0 Å². The molecular formula is C7H16O2. The van der Waals surface area contributed by atoms with Crippen LogP contribution in [0.5, 0.6) is 0 Å². The molecule has 2 heteroatoms.